The Labute approximate surface area is 190 Å². The molecule has 2 atom stereocenters. The number of carbonyl (C=O) groups is 2. The quantitative estimate of drug-likeness (QED) is 0.235. The van der Waals surface area contributed by atoms with Crippen molar-refractivity contribution in [3.8, 4) is 0 Å². The SMILES string of the molecule is O=C1[C@@H]2C3c4ccccc4C(Br)(c4ccccc43)[C@@H]2C(=O)N1c1cccc(I)c1. The Hall–Kier alpha value is -1.99. The lowest BCUT2D eigenvalue weighted by atomic mass is 9.55. The van der Waals surface area contributed by atoms with Gasteiger partial charge in [0, 0.05) is 9.49 Å². The van der Waals surface area contributed by atoms with E-state index in [-0.39, 0.29) is 17.7 Å². The first kappa shape index (κ1) is 17.8. The van der Waals surface area contributed by atoms with Gasteiger partial charge in [-0.1, -0.05) is 70.5 Å². The molecule has 2 amide bonds. The molecule has 3 aromatic carbocycles. The molecule has 1 aliphatic heterocycles. The zero-order valence-corrected chi connectivity index (χ0v) is 18.9. The van der Waals surface area contributed by atoms with Crippen molar-refractivity contribution in [1.29, 1.82) is 0 Å². The molecule has 1 saturated heterocycles. The summed E-state index contributed by atoms with van der Waals surface area (Å²) in [5, 5.41) is 0. The van der Waals surface area contributed by atoms with Gasteiger partial charge >= 0.3 is 0 Å². The van der Waals surface area contributed by atoms with Gasteiger partial charge in [-0.3, -0.25) is 9.59 Å². The van der Waals surface area contributed by atoms with Crippen molar-refractivity contribution in [3.05, 3.63) is 98.6 Å². The van der Waals surface area contributed by atoms with Crippen LogP contribution < -0.4 is 4.90 Å². The van der Waals surface area contributed by atoms with Gasteiger partial charge in [0.15, 0.2) is 0 Å². The van der Waals surface area contributed by atoms with E-state index in [1.165, 1.54) is 4.90 Å². The van der Waals surface area contributed by atoms with E-state index in [4.69, 9.17) is 0 Å². The number of alkyl halides is 1. The number of rotatable bonds is 1. The van der Waals surface area contributed by atoms with E-state index >= 15 is 0 Å². The number of imide groups is 1. The Morgan fingerprint density at radius 1 is 0.828 bits per heavy atom. The standard InChI is InChI=1S/C24H15BrINO2/c25-24-17-10-3-1-8-15(17)19(16-9-2-4-11-18(16)24)20-21(24)23(29)27(22(20)28)14-7-5-6-13(26)12-14/h1-12,19-21H/t19?,20-,21+,24?/m1/s1. The molecule has 29 heavy (non-hydrogen) atoms. The van der Waals surface area contributed by atoms with Crippen LogP contribution in [0.15, 0.2) is 72.8 Å². The first-order chi connectivity index (χ1) is 14.0. The Bertz CT molecular complexity index is 1180. The predicted octanol–water partition coefficient (Wildman–Crippen LogP) is 5.19. The highest BCUT2D eigenvalue weighted by molar-refractivity contribution is 14.1. The van der Waals surface area contributed by atoms with Gasteiger partial charge in [-0.05, 0) is 63.0 Å². The van der Waals surface area contributed by atoms with Crippen LogP contribution >= 0.6 is 38.5 Å². The Balaban J connectivity index is 1.63. The summed E-state index contributed by atoms with van der Waals surface area (Å²) < 4.78 is 0.307. The summed E-state index contributed by atoms with van der Waals surface area (Å²) in [4.78, 5) is 28.9. The van der Waals surface area contributed by atoms with Crippen LogP contribution in [-0.4, -0.2) is 11.8 Å². The van der Waals surface area contributed by atoms with Crippen molar-refractivity contribution >= 4 is 56.0 Å². The molecule has 0 aromatic heterocycles. The number of benzene rings is 3. The molecule has 0 radical (unpaired) electrons. The van der Waals surface area contributed by atoms with E-state index < -0.39 is 16.2 Å². The van der Waals surface area contributed by atoms with Crippen molar-refractivity contribution in [3.63, 3.8) is 0 Å². The normalized spacial score (nSPS) is 28.9. The van der Waals surface area contributed by atoms with Gasteiger partial charge in [0.05, 0.1) is 21.8 Å². The maximum absolute atomic E-state index is 13.7. The minimum Gasteiger partial charge on any atom is -0.274 e. The van der Waals surface area contributed by atoms with Crippen LogP contribution in [0, 0.1) is 15.4 Å². The molecule has 4 aliphatic rings. The lowest BCUT2D eigenvalue weighted by Gasteiger charge is -2.51. The van der Waals surface area contributed by atoms with E-state index in [0.717, 1.165) is 25.8 Å². The number of nitrogens with zero attached hydrogens (tertiary/aromatic N) is 1. The summed E-state index contributed by atoms with van der Waals surface area (Å²) in [5.41, 5.74) is 5.17. The third-order valence-electron chi connectivity index (χ3n) is 6.58. The van der Waals surface area contributed by atoms with Crippen LogP contribution in [0.4, 0.5) is 5.69 Å². The zero-order valence-electron chi connectivity index (χ0n) is 15.2. The van der Waals surface area contributed by atoms with Crippen molar-refractivity contribution in [2.45, 2.75) is 10.2 Å². The molecule has 3 nitrogen and oxygen atoms in total. The van der Waals surface area contributed by atoms with Crippen LogP contribution in [-0.2, 0) is 13.9 Å². The summed E-state index contributed by atoms with van der Waals surface area (Å²) in [7, 11) is 0. The average molecular weight is 556 g/mol. The topological polar surface area (TPSA) is 37.4 Å². The number of hydrogen-bond acceptors (Lipinski definition) is 2. The minimum absolute atomic E-state index is 0.0974. The molecule has 0 N–H and O–H groups in total. The highest BCUT2D eigenvalue weighted by Gasteiger charge is 2.67. The second kappa shape index (κ2) is 6.01. The monoisotopic (exact) mass is 555 g/mol. The van der Waals surface area contributed by atoms with Crippen molar-refractivity contribution in [1.82, 2.24) is 0 Å². The largest absolute Gasteiger partial charge is 0.274 e. The van der Waals surface area contributed by atoms with E-state index in [1.54, 1.807) is 0 Å². The van der Waals surface area contributed by atoms with E-state index in [2.05, 4.69) is 62.8 Å². The summed E-state index contributed by atoms with van der Waals surface area (Å²) in [5.74, 6) is -1.17. The fourth-order valence-corrected chi connectivity index (χ4v) is 7.28. The second-order valence-corrected chi connectivity index (χ2v) is 10.4. The molecular formula is C24H15BrINO2. The molecule has 0 spiro atoms. The minimum atomic E-state index is -0.691. The molecule has 7 rings (SSSR count). The number of hydrogen-bond donors (Lipinski definition) is 0. The Kier molecular flexibility index (Phi) is 3.70. The molecule has 2 bridgehead atoms. The van der Waals surface area contributed by atoms with Crippen LogP contribution in [0.3, 0.4) is 0 Å². The van der Waals surface area contributed by atoms with Crippen LogP contribution in [0.25, 0.3) is 0 Å². The van der Waals surface area contributed by atoms with Crippen LogP contribution in [0.2, 0.25) is 0 Å². The fourth-order valence-electron chi connectivity index (χ4n) is 5.55. The van der Waals surface area contributed by atoms with Gasteiger partial charge in [0.1, 0.15) is 0 Å². The Morgan fingerprint density at radius 2 is 1.45 bits per heavy atom. The molecular weight excluding hydrogens is 541 g/mol. The van der Waals surface area contributed by atoms with Crippen molar-refractivity contribution in [2.24, 2.45) is 11.8 Å². The van der Waals surface area contributed by atoms with Crippen molar-refractivity contribution < 1.29 is 9.59 Å². The second-order valence-electron chi connectivity index (χ2n) is 7.86. The van der Waals surface area contributed by atoms with E-state index in [0.29, 0.717) is 5.69 Å². The van der Waals surface area contributed by atoms with Gasteiger partial charge < -0.3 is 0 Å². The average Bonchev–Trinajstić information content (AvgIpc) is 3.00. The summed E-state index contributed by atoms with van der Waals surface area (Å²) in [6.45, 7) is 0. The smallest absolute Gasteiger partial charge is 0.239 e. The summed E-state index contributed by atoms with van der Waals surface area (Å²) in [6.07, 6.45) is 0. The molecule has 142 valence electrons. The molecule has 0 saturated carbocycles. The summed E-state index contributed by atoms with van der Waals surface area (Å²) in [6, 6.07) is 24.1. The number of anilines is 1. The molecule has 3 aliphatic carbocycles. The summed E-state index contributed by atoms with van der Waals surface area (Å²) >= 11 is 6.23. The third-order valence-corrected chi connectivity index (χ3v) is 8.60. The molecule has 0 unspecified atom stereocenters. The lowest BCUT2D eigenvalue weighted by molar-refractivity contribution is -0.122. The maximum Gasteiger partial charge on any atom is 0.239 e. The first-order valence-corrected chi connectivity index (χ1v) is 11.4. The van der Waals surface area contributed by atoms with Crippen LogP contribution in [0.5, 0.6) is 0 Å². The maximum atomic E-state index is 13.7. The number of halogens is 2. The Morgan fingerprint density at radius 3 is 2.07 bits per heavy atom. The number of amides is 2. The number of carbonyl (C=O) groups excluding carboxylic acids is 2. The third kappa shape index (κ3) is 2.12. The van der Waals surface area contributed by atoms with Gasteiger partial charge in [-0.2, -0.15) is 0 Å². The fraction of sp³-hybridized carbons (Fsp3) is 0.167. The zero-order chi connectivity index (χ0) is 19.9. The molecule has 1 fully saturated rings. The van der Waals surface area contributed by atoms with E-state index in [9.17, 15) is 9.59 Å². The predicted molar refractivity (Wildman–Crippen MR) is 123 cm³/mol. The highest BCUT2D eigenvalue weighted by Crippen LogP contribution is 2.66. The molecule has 3 aromatic rings. The van der Waals surface area contributed by atoms with E-state index in [1.807, 2.05) is 48.5 Å². The van der Waals surface area contributed by atoms with Gasteiger partial charge in [0.2, 0.25) is 11.8 Å². The van der Waals surface area contributed by atoms with Crippen LogP contribution in [0.1, 0.15) is 28.2 Å². The molecule has 1 heterocycles. The molecule has 5 heteroatoms. The first-order valence-electron chi connectivity index (χ1n) is 9.54. The van der Waals surface area contributed by atoms with Gasteiger partial charge in [-0.25, -0.2) is 4.90 Å². The highest BCUT2D eigenvalue weighted by atomic mass is 127. The van der Waals surface area contributed by atoms with Crippen molar-refractivity contribution in [2.75, 3.05) is 4.90 Å². The lowest BCUT2D eigenvalue weighted by Crippen LogP contribution is -2.50. The van der Waals surface area contributed by atoms with Gasteiger partial charge in [0.25, 0.3) is 0 Å². The van der Waals surface area contributed by atoms with Gasteiger partial charge in [-0.15, -0.1) is 0 Å².